The number of rotatable bonds is 5. The summed E-state index contributed by atoms with van der Waals surface area (Å²) in [6.07, 6.45) is 1.64. The van der Waals surface area contributed by atoms with Crippen LogP contribution in [0.15, 0.2) is 28.7 Å². The lowest BCUT2D eigenvalue weighted by atomic mass is 10.1. The topological polar surface area (TPSA) is 68.3 Å². The second-order valence-electron chi connectivity index (χ2n) is 4.81. The minimum absolute atomic E-state index is 0.104. The quantitative estimate of drug-likeness (QED) is 0.868. The molecule has 0 radical (unpaired) electrons. The molecule has 3 N–H and O–H groups in total. The molecule has 0 aliphatic rings. The fraction of sp³-hybridized carbons (Fsp3) is 0.400. The van der Waals surface area contributed by atoms with E-state index in [0.29, 0.717) is 12.3 Å². The number of aryl methyl sites for hydroxylation is 1. The third-order valence-electron chi connectivity index (χ3n) is 3.24. The maximum atomic E-state index is 12.1. The predicted molar refractivity (Wildman–Crippen MR) is 76.2 cm³/mol. The fourth-order valence-electron chi connectivity index (χ4n) is 2.11. The summed E-state index contributed by atoms with van der Waals surface area (Å²) in [6, 6.07) is 7.75. The smallest absolute Gasteiger partial charge is 0.287 e. The van der Waals surface area contributed by atoms with Crippen molar-refractivity contribution in [2.24, 2.45) is 5.73 Å². The number of amides is 1. The first-order valence-corrected chi connectivity index (χ1v) is 6.65. The van der Waals surface area contributed by atoms with Crippen molar-refractivity contribution in [1.82, 2.24) is 5.32 Å². The SMILES string of the molecule is CCC(CCN)NC(=O)c1cc2cc(C)ccc2o1. The molecule has 1 amide bonds. The van der Waals surface area contributed by atoms with Crippen LogP contribution < -0.4 is 11.1 Å². The van der Waals surface area contributed by atoms with Crippen LogP contribution in [0.5, 0.6) is 0 Å². The van der Waals surface area contributed by atoms with Gasteiger partial charge in [-0.25, -0.2) is 0 Å². The summed E-state index contributed by atoms with van der Waals surface area (Å²) in [5.41, 5.74) is 7.41. The van der Waals surface area contributed by atoms with Crippen LogP contribution >= 0.6 is 0 Å². The van der Waals surface area contributed by atoms with E-state index in [9.17, 15) is 4.79 Å². The molecule has 1 unspecified atom stereocenters. The number of hydrogen-bond donors (Lipinski definition) is 2. The van der Waals surface area contributed by atoms with E-state index in [-0.39, 0.29) is 11.9 Å². The molecule has 4 nitrogen and oxygen atoms in total. The standard InChI is InChI=1S/C15H20N2O2/c1-3-12(6-7-16)17-15(18)14-9-11-8-10(2)4-5-13(11)19-14/h4-5,8-9,12H,3,6-7,16H2,1-2H3,(H,17,18). The highest BCUT2D eigenvalue weighted by Crippen LogP contribution is 2.20. The molecule has 4 heteroatoms. The lowest BCUT2D eigenvalue weighted by Crippen LogP contribution is -2.35. The Balaban J connectivity index is 2.17. The van der Waals surface area contributed by atoms with Crippen molar-refractivity contribution in [3.05, 3.63) is 35.6 Å². The molecule has 1 atom stereocenters. The van der Waals surface area contributed by atoms with E-state index < -0.39 is 0 Å². The molecule has 102 valence electrons. The van der Waals surface area contributed by atoms with Gasteiger partial charge in [-0.05, 0) is 44.5 Å². The Morgan fingerprint density at radius 3 is 2.89 bits per heavy atom. The van der Waals surface area contributed by atoms with Crippen LogP contribution in [0.25, 0.3) is 11.0 Å². The number of carbonyl (C=O) groups is 1. The van der Waals surface area contributed by atoms with Gasteiger partial charge < -0.3 is 15.5 Å². The van der Waals surface area contributed by atoms with Crippen molar-refractivity contribution < 1.29 is 9.21 Å². The van der Waals surface area contributed by atoms with Gasteiger partial charge in [0.05, 0.1) is 0 Å². The van der Waals surface area contributed by atoms with Gasteiger partial charge in [0.25, 0.3) is 5.91 Å². The summed E-state index contributed by atoms with van der Waals surface area (Å²) in [6.45, 7) is 4.61. The normalized spacial score (nSPS) is 12.6. The van der Waals surface area contributed by atoms with Gasteiger partial charge in [-0.2, -0.15) is 0 Å². The average molecular weight is 260 g/mol. The second kappa shape index (κ2) is 5.89. The summed E-state index contributed by atoms with van der Waals surface area (Å²) < 4.78 is 5.57. The lowest BCUT2D eigenvalue weighted by Gasteiger charge is -2.14. The van der Waals surface area contributed by atoms with Crippen molar-refractivity contribution in [3.63, 3.8) is 0 Å². The van der Waals surface area contributed by atoms with Gasteiger partial charge in [-0.3, -0.25) is 4.79 Å². The Kier molecular flexibility index (Phi) is 4.22. The largest absolute Gasteiger partial charge is 0.451 e. The average Bonchev–Trinajstić information content (AvgIpc) is 2.81. The maximum absolute atomic E-state index is 12.1. The van der Waals surface area contributed by atoms with Crippen LogP contribution in [-0.4, -0.2) is 18.5 Å². The molecule has 0 aliphatic carbocycles. The first-order chi connectivity index (χ1) is 9.13. The van der Waals surface area contributed by atoms with E-state index in [0.717, 1.165) is 29.4 Å². The van der Waals surface area contributed by atoms with Crippen LogP contribution in [-0.2, 0) is 0 Å². The van der Waals surface area contributed by atoms with Gasteiger partial charge in [0.15, 0.2) is 5.76 Å². The van der Waals surface area contributed by atoms with Crippen LogP contribution in [0.1, 0.15) is 35.9 Å². The zero-order chi connectivity index (χ0) is 13.8. The number of furan rings is 1. The third kappa shape index (κ3) is 3.15. The Labute approximate surface area is 113 Å². The maximum Gasteiger partial charge on any atom is 0.287 e. The van der Waals surface area contributed by atoms with Crippen molar-refractivity contribution in [2.75, 3.05) is 6.54 Å². The van der Waals surface area contributed by atoms with Gasteiger partial charge in [-0.1, -0.05) is 18.6 Å². The molecule has 0 saturated heterocycles. The number of fused-ring (bicyclic) bond motifs is 1. The second-order valence-corrected chi connectivity index (χ2v) is 4.81. The van der Waals surface area contributed by atoms with E-state index >= 15 is 0 Å². The third-order valence-corrected chi connectivity index (χ3v) is 3.24. The van der Waals surface area contributed by atoms with Crippen LogP contribution in [0, 0.1) is 6.92 Å². The minimum Gasteiger partial charge on any atom is -0.451 e. The number of nitrogens with two attached hydrogens (primary N) is 1. The van der Waals surface area contributed by atoms with Crippen molar-refractivity contribution in [2.45, 2.75) is 32.7 Å². The van der Waals surface area contributed by atoms with E-state index in [1.807, 2.05) is 32.0 Å². The first kappa shape index (κ1) is 13.6. The summed E-state index contributed by atoms with van der Waals surface area (Å²) in [5, 5.41) is 3.90. The van der Waals surface area contributed by atoms with Gasteiger partial charge >= 0.3 is 0 Å². The van der Waals surface area contributed by atoms with Crippen molar-refractivity contribution in [3.8, 4) is 0 Å². The van der Waals surface area contributed by atoms with Gasteiger partial charge in [0.2, 0.25) is 0 Å². The van der Waals surface area contributed by atoms with E-state index in [2.05, 4.69) is 5.32 Å². The molecular weight excluding hydrogens is 240 g/mol. The molecule has 19 heavy (non-hydrogen) atoms. The molecule has 0 fully saturated rings. The highest BCUT2D eigenvalue weighted by molar-refractivity contribution is 5.96. The fourth-order valence-corrected chi connectivity index (χ4v) is 2.11. The molecule has 0 bridgehead atoms. The summed E-state index contributed by atoms with van der Waals surface area (Å²) in [4.78, 5) is 12.1. The molecule has 0 aliphatic heterocycles. The Morgan fingerprint density at radius 2 is 2.21 bits per heavy atom. The van der Waals surface area contributed by atoms with Crippen LogP contribution in [0.2, 0.25) is 0 Å². The summed E-state index contributed by atoms with van der Waals surface area (Å²) in [7, 11) is 0. The van der Waals surface area contributed by atoms with E-state index in [4.69, 9.17) is 10.2 Å². The molecule has 2 rings (SSSR count). The zero-order valence-corrected chi connectivity index (χ0v) is 11.4. The monoisotopic (exact) mass is 260 g/mol. The molecule has 2 aromatic rings. The van der Waals surface area contributed by atoms with E-state index in [1.165, 1.54) is 0 Å². The van der Waals surface area contributed by atoms with Gasteiger partial charge in [-0.15, -0.1) is 0 Å². The molecular formula is C15H20N2O2. The summed E-state index contributed by atoms with van der Waals surface area (Å²) >= 11 is 0. The first-order valence-electron chi connectivity index (χ1n) is 6.65. The van der Waals surface area contributed by atoms with Crippen LogP contribution in [0.3, 0.4) is 0 Å². The predicted octanol–water partition coefficient (Wildman–Crippen LogP) is 2.60. The zero-order valence-electron chi connectivity index (χ0n) is 11.4. The molecule has 1 aromatic carbocycles. The van der Waals surface area contributed by atoms with Gasteiger partial charge in [0, 0.05) is 11.4 Å². The number of hydrogen-bond acceptors (Lipinski definition) is 3. The number of nitrogens with one attached hydrogen (secondary N) is 1. The highest BCUT2D eigenvalue weighted by Gasteiger charge is 2.15. The Morgan fingerprint density at radius 1 is 1.42 bits per heavy atom. The van der Waals surface area contributed by atoms with E-state index in [1.54, 1.807) is 6.07 Å². The Hall–Kier alpha value is -1.81. The van der Waals surface area contributed by atoms with Crippen LogP contribution in [0.4, 0.5) is 0 Å². The molecule has 1 aromatic heterocycles. The van der Waals surface area contributed by atoms with Crippen molar-refractivity contribution in [1.29, 1.82) is 0 Å². The lowest BCUT2D eigenvalue weighted by molar-refractivity contribution is 0.0908. The number of benzene rings is 1. The Bertz CT molecular complexity index is 575. The molecule has 1 heterocycles. The molecule has 0 spiro atoms. The minimum atomic E-state index is -0.172. The van der Waals surface area contributed by atoms with Gasteiger partial charge in [0.1, 0.15) is 5.58 Å². The summed E-state index contributed by atoms with van der Waals surface area (Å²) in [5.74, 6) is 0.185. The highest BCUT2D eigenvalue weighted by atomic mass is 16.3. The number of carbonyl (C=O) groups excluding carboxylic acids is 1. The molecule has 0 saturated carbocycles. The van der Waals surface area contributed by atoms with Crippen molar-refractivity contribution >= 4 is 16.9 Å².